The third-order valence-electron chi connectivity index (χ3n) is 2.60. The van der Waals surface area contributed by atoms with Crippen molar-refractivity contribution in [2.45, 2.75) is 26.9 Å². The molecule has 0 aliphatic heterocycles. The van der Waals surface area contributed by atoms with Crippen LogP contribution in [0.3, 0.4) is 0 Å². The zero-order valence-electron chi connectivity index (χ0n) is 11.3. The summed E-state index contributed by atoms with van der Waals surface area (Å²) < 4.78 is 37.1. The minimum atomic E-state index is -4.27. The van der Waals surface area contributed by atoms with Crippen LogP contribution in [-0.4, -0.2) is 0 Å². The third-order valence-corrected chi connectivity index (χ3v) is 2.60. The minimum absolute atomic E-state index is 0.617. The Morgan fingerprint density at radius 1 is 0.684 bits per heavy atom. The molecule has 0 aliphatic carbocycles. The largest absolute Gasteiger partial charge is 0.416 e. The van der Waals surface area contributed by atoms with Crippen LogP contribution in [0.4, 0.5) is 13.2 Å². The van der Waals surface area contributed by atoms with Gasteiger partial charge in [-0.15, -0.1) is 0 Å². The molecule has 0 N–H and O–H groups in total. The molecule has 0 unspecified atom stereocenters. The molecule has 0 amide bonds. The van der Waals surface area contributed by atoms with Crippen LogP contribution in [0.1, 0.15) is 25.0 Å². The molecule has 0 atom stereocenters. The van der Waals surface area contributed by atoms with Crippen molar-refractivity contribution in [1.29, 1.82) is 0 Å². The third kappa shape index (κ3) is 4.12. The molecule has 0 aromatic heterocycles. The Morgan fingerprint density at radius 3 is 1.42 bits per heavy atom. The minimum Gasteiger partial charge on any atom is -0.166 e. The van der Waals surface area contributed by atoms with Gasteiger partial charge in [0.15, 0.2) is 0 Å². The molecule has 2 aromatic rings. The van der Waals surface area contributed by atoms with Crippen LogP contribution in [-0.2, 0) is 6.18 Å². The lowest BCUT2D eigenvalue weighted by Crippen LogP contribution is -2.03. The van der Waals surface area contributed by atoms with E-state index in [2.05, 4.69) is 0 Å². The summed E-state index contributed by atoms with van der Waals surface area (Å²) in [6, 6.07) is 12.9. The molecule has 2 aromatic carbocycles. The van der Waals surface area contributed by atoms with E-state index in [1.54, 1.807) is 0 Å². The van der Waals surface area contributed by atoms with Crippen molar-refractivity contribution >= 4 is 0 Å². The molecule has 0 saturated heterocycles. The van der Waals surface area contributed by atoms with Crippen LogP contribution in [0, 0.1) is 6.92 Å². The molecule has 0 fully saturated rings. The summed E-state index contributed by atoms with van der Waals surface area (Å²) >= 11 is 0. The van der Waals surface area contributed by atoms with Crippen LogP contribution in [0.25, 0.3) is 11.1 Å². The molecule has 0 nitrogen and oxygen atoms in total. The Bertz CT molecular complexity index is 493. The first-order valence-corrected chi connectivity index (χ1v) is 6.21. The van der Waals surface area contributed by atoms with E-state index in [-0.39, 0.29) is 0 Å². The maximum atomic E-state index is 12.4. The fourth-order valence-electron chi connectivity index (χ4n) is 1.60. The number of rotatable bonds is 1. The molecule has 3 heteroatoms. The first kappa shape index (κ1) is 15.3. The van der Waals surface area contributed by atoms with Gasteiger partial charge >= 0.3 is 6.18 Å². The standard InChI is InChI=1S/C14H11F3.C2H6/c1-10-2-4-11(5-3-10)12-6-8-13(9-7-12)14(15,16)17;1-2/h2-9H,1H3;1-2H3. The fraction of sp³-hybridized carbons (Fsp3) is 0.250. The predicted octanol–water partition coefficient (Wildman–Crippen LogP) is 5.71. The highest BCUT2D eigenvalue weighted by molar-refractivity contribution is 5.64. The smallest absolute Gasteiger partial charge is 0.166 e. The van der Waals surface area contributed by atoms with E-state index >= 15 is 0 Å². The zero-order valence-corrected chi connectivity index (χ0v) is 11.3. The van der Waals surface area contributed by atoms with Crippen molar-refractivity contribution in [2.75, 3.05) is 0 Å². The van der Waals surface area contributed by atoms with Crippen molar-refractivity contribution in [3.8, 4) is 11.1 Å². The molecular weight excluding hydrogens is 249 g/mol. The Balaban J connectivity index is 0.000000861. The molecular formula is C16H17F3. The van der Waals surface area contributed by atoms with Crippen LogP contribution < -0.4 is 0 Å². The van der Waals surface area contributed by atoms with Crippen molar-refractivity contribution < 1.29 is 13.2 Å². The van der Waals surface area contributed by atoms with E-state index in [1.807, 2.05) is 45.0 Å². The van der Waals surface area contributed by atoms with Gasteiger partial charge in [0.05, 0.1) is 5.56 Å². The average Bonchev–Trinajstić information content (AvgIpc) is 2.41. The summed E-state index contributed by atoms with van der Waals surface area (Å²) in [7, 11) is 0. The normalized spacial score (nSPS) is 10.6. The van der Waals surface area contributed by atoms with Gasteiger partial charge in [-0.25, -0.2) is 0 Å². The summed E-state index contributed by atoms with van der Waals surface area (Å²) in [6.07, 6.45) is -4.27. The zero-order chi connectivity index (χ0) is 14.5. The van der Waals surface area contributed by atoms with Gasteiger partial charge in [0.25, 0.3) is 0 Å². The van der Waals surface area contributed by atoms with Gasteiger partial charge in [-0.1, -0.05) is 55.8 Å². The number of aryl methyl sites for hydroxylation is 1. The Hall–Kier alpha value is -1.77. The molecule has 0 bridgehead atoms. The summed E-state index contributed by atoms with van der Waals surface area (Å²) in [5.41, 5.74) is 2.22. The predicted molar refractivity (Wildman–Crippen MR) is 73.0 cm³/mol. The highest BCUT2D eigenvalue weighted by atomic mass is 19.4. The second kappa shape index (κ2) is 6.41. The van der Waals surface area contributed by atoms with Gasteiger partial charge in [-0.2, -0.15) is 13.2 Å². The van der Waals surface area contributed by atoms with Crippen LogP contribution in [0.5, 0.6) is 0 Å². The summed E-state index contributed by atoms with van der Waals surface area (Å²) in [6.45, 7) is 5.97. The summed E-state index contributed by atoms with van der Waals surface area (Å²) in [5, 5.41) is 0. The quantitative estimate of drug-likeness (QED) is 0.620. The van der Waals surface area contributed by atoms with E-state index in [9.17, 15) is 13.2 Å². The second-order valence-corrected chi connectivity index (χ2v) is 3.94. The number of benzene rings is 2. The van der Waals surface area contributed by atoms with Crippen LogP contribution in [0.2, 0.25) is 0 Å². The highest BCUT2D eigenvalue weighted by Crippen LogP contribution is 2.30. The van der Waals surface area contributed by atoms with E-state index in [0.717, 1.165) is 28.8 Å². The van der Waals surface area contributed by atoms with Gasteiger partial charge in [0.1, 0.15) is 0 Å². The fourth-order valence-corrected chi connectivity index (χ4v) is 1.60. The lowest BCUT2D eigenvalue weighted by atomic mass is 10.0. The number of alkyl halides is 3. The van der Waals surface area contributed by atoms with Crippen LogP contribution >= 0.6 is 0 Å². The molecule has 0 spiro atoms. The monoisotopic (exact) mass is 266 g/mol. The molecule has 2 rings (SSSR count). The van der Waals surface area contributed by atoms with Gasteiger partial charge in [0, 0.05) is 0 Å². The molecule has 19 heavy (non-hydrogen) atoms. The first-order valence-electron chi connectivity index (χ1n) is 6.21. The SMILES string of the molecule is CC.Cc1ccc(-c2ccc(C(F)(F)F)cc2)cc1. The molecule has 0 heterocycles. The van der Waals surface area contributed by atoms with Gasteiger partial charge in [0.2, 0.25) is 0 Å². The topological polar surface area (TPSA) is 0 Å². The van der Waals surface area contributed by atoms with Crippen molar-refractivity contribution in [2.24, 2.45) is 0 Å². The maximum absolute atomic E-state index is 12.4. The van der Waals surface area contributed by atoms with Crippen molar-refractivity contribution in [3.05, 3.63) is 59.7 Å². The average molecular weight is 266 g/mol. The Morgan fingerprint density at radius 2 is 1.05 bits per heavy atom. The number of halogens is 3. The summed E-state index contributed by atoms with van der Waals surface area (Å²) in [4.78, 5) is 0. The maximum Gasteiger partial charge on any atom is 0.416 e. The second-order valence-electron chi connectivity index (χ2n) is 3.94. The lowest BCUT2D eigenvalue weighted by molar-refractivity contribution is -0.137. The van der Waals surface area contributed by atoms with E-state index in [1.165, 1.54) is 12.1 Å². The van der Waals surface area contributed by atoms with Gasteiger partial charge < -0.3 is 0 Å². The number of hydrogen-bond donors (Lipinski definition) is 0. The van der Waals surface area contributed by atoms with Crippen molar-refractivity contribution in [1.82, 2.24) is 0 Å². The molecule has 0 saturated carbocycles. The van der Waals surface area contributed by atoms with Gasteiger partial charge in [-0.3, -0.25) is 0 Å². The molecule has 0 aliphatic rings. The van der Waals surface area contributed by atoms with E-state index in [0.29, 0.717) is 0 Å². The summed E-state index contributed by atoms with van der Waals surface area (Å²) in [5.74, 6) is 0. The Labute approximate surface area is 111 Å². The Kier molecular flexibility index (Phi) is 5.16. The van der Waals surface area contributed by atoms with Gasteiger partial charge in [-0.05, 0) is 30.2 Å². The van der Waals surface area contributed by atoms with E-state index < -0.39 is 11.7 Å². The van der Waals surface area contributed by atoms with Crippen LogP contribution in [0.15, 0.2) is 48.5 Å². The van der Waals surface area contributed by atoms with Crippen molar-refractivity contribution in [3.63, 3.8) is 0 Å². The van der Waals surface area contributed by atoms with E-state index in [4.69, 9.17) is 0 Å². The molecule has 102 valence electrons. The highest BCUT2D eigenvalue weighted by Gasteiger charge is 2.29. The first-order chi connectivity index (χ1) is 8.97. The molecule has 0 radical (unpaired) electrons. The number of hydrogen-bond acceptors (Lipinski definition) is 0. The lowest BCUT2D eigenvalue weighted by Gasteiger charge is -2.07.